The van der Waals surface area contributed by atoms with E-state index < -0.39 is 5.97 Å². The number of nitrogens with zero attached hydrogens (tertiary/aromatic N) is 2. The summed E-state index contributed by atoms with van der Waals surface area (Å²) < 4.78 is 0. The zero-order chi connectivity index (χ0) is 21.8. The maximum Gasteiger partial charge on any atom is 0.335 e. The highest BCUT2D eigenvalue weighted by molar-refractivity contribution is 5.87. The van der Waals surface area contributed by atoms with Crippen LogP contribution in [0.15, 0.2) is 54.6 Å². The molecule has 0 aromatic heterocycles. The largest absolute Gasteiger partial charge is 0.478 e. The zero-order valence-electron chi connectivity index (χ0n) is 19.0. The minimum atomic E-state index is -0.872. The van der Waals surface area contributed by atoms with Gasteiger partial charge in [0.1, 0.15) is 0 Å². The van der Waals surface area contributed by atoms with Gasteiger partial charge in [0.25, 0.3) is 0 Å². The second-order valence-electron chi connectivity index (χ2n) is 8.91. The van der Waals surface area contributed by atoms with Crippen LogP contribution in [-0.4, -0.2) is 59.1 Å². The molecule has 2 aliphatic heterocycles. The van der Waals surface area contributed by atoms with E-state index in [0.29, 0.717) is 17.6 Å². The van der Waals surface area contributed by atoms with Crippen molar-refractivity contribution in [3.8, 4) is 0 Å². The molecule has 2 aromatic rings. The highest BCUT2D eigenvalue weighted by Crippen LogP contribution is 2.27. The normalized spacial score (nSPS) is 22.1. The number of hydrogen-bond acceptors (Lipinski definition) is 4. The molecule has 0 radical (unpaired) electrons. The predicted octanol–water partition coefficient (Wildman–Crippen LogP) is 4.28. The lowest BCUT2D eigenvalue weighted by Crippen LogP contribution is -2.55. The van der Waals surface area contributed by atoms with Crippen molar-refractivity contribution in [1.82, 2.24) is 15.1 Å². The molecule has 0 bridgehead atoms. The number of benzene rings is 2. The number of aromatic carboxylic acids is 1. The van der Waals surface area contributed by atoms with Gasteiger partial charge in [-0.1, -0.05) is 42.5 Å². The predicted molar refractivity (Wildman–Crippen MR) is 132 cm³/mol. The molecule has 32 heavy (non-hydrogen) atoms. The minimum absolute atomic E-state index is 0. The number of nitrogens with one attached hydrogen (secondary N) is 1. The molecule has 172 valence electrons. The van der Waals surface area contributed by atoms with Crippen molar-refractivity contribution in [2.24, 2.45) is 0 Å². The Morgan fingerprint density at radius 1 is 1.03 bits per heavy atom. The Hall–Kier alpha value is -2.18. The molecule has 1 saturated heterocycles. The third kappa shape index (κ3) is 5.78. The molecule has 0 saturated carbocycles. The van der Waals surface area contributed by atoms with Crippen molar-refractivity contribution in [3.63, 3.8) is 0 Å². The molecule has 2 aromatic carbocycles. The fourth-order valence-electron chi connectivity index (χ4n) is 4.95. The van der Waals surface area contributed by atoms with Gasteiger partial charge in [-0.05, 0) is 61.2 Å². The van der Waals surface area contributed by atoms with Crippen LogP contribution in [0, 0.1) is 0 Å². The van der Waals surface area contributed by atoms with Crippen molar-refractivity contribution in [3.05, 3.63) is 76.9 Å². The van der Waals surface area contributed by atoms with Gasteiger partial charge in [0, 0.05) is 44.8 Å². The number of carboxylic acid groups (broad SMARTS) is 1. The summed E-state index contributed by atoms with van der Waals surface area (Å²) in [5.41, 5.74) is 5.81. The molecule has 2 atom stereocenters. The first-order chi connectivity index (χ1) is 15.0. The summed E-state index contributed by atoms with van der Waals surface area (Å²) in [6.07, 6.45) is 3.43. The van der Waals surface area contributed by atoms with Crippen LogP contribution in [0.2, 0.25) is 0 Å². The Morgan fingerprint density at radius 3 is 2.34 bits per heavy atom. The number of piperazine rings is 1. The lowest BCUT2D eigenvalue weighted by atomic mass is 9.94. The summed E-state index contributed by atoms with van der Waals surface area (Å²) in [6.45, 7) is 10.5. The molecular weight excluding hydrogens is 422 g/mol. The van der Waals surface area contributed by atoms with Crippen LogP contribution in [0.5, 0.6) is 0 Å². The highest BCUT2D eigenvalue weighted by Gasteiger charge is 2.30. The Labute approximate surface area is 197 Å². The topological polar surface area (TPSA) is 55.8 Å². The molecule has 6 heteroatoms. The maximum absolute atomic E-state index is 11.1. The number of hydrogen-bond donors (Lipinski definition) is 2. The summed E-state index contributed by atoms with van der Waals surface area (Å²) >= 11 is 0. The van der Waals surface area contributed by atoms with E-state index in [9.17, 15) is 4.79 Å². The molecule has 0 aliphatic carbocycles. The van der Waals surface area contributed by atoms with E-state index in [1.165, 1.54) is 22.3 Å². The quantitative estimate of drug-likeness (QED) is 0.681. The van der Waals surface area contributed by atoms with Crippen LogP contribution in [-0.2, 0) is 13.1 Å². The number of rotatable bonds is 6. The van der Waals surface area contributed by atoms with Gasteiger partial charge in [-0.2, -0.15) is 0 Å². The average molecular weight is 456 g/mol. The molecular formula is C26H34ClN3O2. The van der Waals surface area contributed by atoms with Crippen LogP contribution in [0.4, 0.5) is 0 Å². The minimum Gasteiger partial charge on any atom is -0.478 e. The van der Waals surface area contributed by atoms with Crippen LogP contribution in [0.3, 0.4) is 0 Å². The third-order valence-electron chi connectivity index (χ3n) is 6.56. The van der Waals surface area contributed by atoms with Gasteiger partial charge in [0.15, 0.2) is 0 Å². The maximum atomic E-state index is 11.1. The van der Waals surface area contributed by atoms with E-state index in [2.05, 4.69) is 59.3 Å². The van der Waals surface area contributed by atoms with Gasteiger partial charge in [-0.3, -0.25) is 9.80 Å². The van der Waals surface area contributed by atoms with E-state index in [4.69, 9.17) is 5.11 Å². The first-order valence-corrected chi connectivity index (χ1v) is 11.3. The molecule has 4 rings (SSSR count). The van der Waals surface area contributed by atoms with Crippen molar-refractivity contribution >= 4 is 23.9 Å². The van der Waals surface area contributed by atoms with Gasteiger partial charge in [-0.15, -0.1) is 12.4 Å². The summed E-state index contributed by atoms with van der Waals surface area (Å²) in [5, 5.41) is 12.5. The second-order valence-corrected chi connectivity index (χ2v) is 8.91. The van der Waals surface area contributed by atoms with Crippen LogP contribution < -0.4 is 5.32 Å². The zero-order valence-corrected chi connectivity index (χ0v) is 19.8. The Bertz CT molecular complexity index is 932. The first kappa shape index (κ1) is 24.5. The molecule has 5 nitrogen and oxygen atoms in total. The molecule has 2 heterocycles. The lowest BCUT2D eigenvalue weighted by Gasteiger charge is -2.45. The summed E-state index contributed by atoms with van der Waals surface area (Å²) in [5.74, 6) is -0.872. The van der Waals surface area contributed by atoms with E-state index in [1.54, 1.807) is 12.1 Å². The van der Waals surface area contributed by atoms with Crippen LogP contribution >= 0.6 is 12.4 Å². The standard InChI is InChI=1S/C26H33N3O2.ClH/c1-19-15-28(17-21-7-9-23(10-8-21)26(30)31)16-20(2)29(19)18-24-5-3-4-6-25(24)22-11-13-27-14-12-22;/h3-11,19-20,27H,12-18H2,1-2H3,(H,30,31);1H/t19-,20+;. The van der Waals surface area contributed by atoms with Crippen molar-refractivity contribution in [1.29, 1.82) is 0 Å². The van der Waals surface area contributed by atoms with E-state index in [0.717, 1.165) is 45.7 Å². The highest BCUT2D eigenvalue weighted by atomic mass is 35.5. The Balaban J connectivity index is 0.00000289. The molecule has 2 aliphatic rings. The molecule has 0 unspecified atom stereocenters. The van der Waals surface area contributed by atoms with Crippen LogP contribution in [0.1, 0.15) is 47.3 Å². The fourth-order valence-corrected chi connectivity index (χ4v) is 4.95. The third-order valence-corrected chi connectivity index (χ3v) is 6.56. The lowest BCUT2D eigenvalue weighted by molar-refractivity contribution is 0.0290. The van der Waals surface area contributed by atoms with Crippen molar-refractivity contribution in [2.75, 3.05) is 26.2 Å². The second kappa shape index (κ2) is 11.1. The summed E-state index contributed by atoms with van der Waals surface area (Å²) in [7, 11) is 0. The van der Waals surface area contributed by atoms with Gasteiger partial charge < -0.3 is 10.4 Å². The Kier molecular flexibility index (Phi) is 8.49. The number of carboxylic acids is 1. The average Bonchev–Trinajstić information content (AvgIpc) is 2.77. The molecule has 0 spiro atoms. The number of carbonyl (C=O) groups is 1. The molecule has 1 fully saturated rings. The van der Waals surface area contributed by atoms with Gasteiger partial charge in [0.05, 0.1) is 5.56 Å². The van der Waals surface area contributed by atoms with E-state index >= 15 is 0 Å². The monoisotopic (exact) mass is 455 g/mol. The SMILES string of the molecule is C[C@@H]1CN(Cc2ccc(C(=O)O)cc2)C[C@H](C)N1Cc1ccccc1C1=CCNCC1.Cl. The Morgan fingerprint density at radius 2 is 1.72 bits per heavy atom. The fraction of sp³-hybridized carbons (Fsp3) is 0.423. The van der Waals surface area contributed by atoms with Gasteiger partial charge >= 0.3 is 5.97 Å². The summed E-state index contributed by atoms with van der Waals surface area (Å²) in [6, 6.07) is 17.1. The molecule has 0 amide bonds. The van der Waals surface area contributed by atoms with E-state index in [1.807, 2.05) is 12.1 Å². The van der Waals surface area contributed by atoms with Gasteiger partial charge in [-0.25, -0.2) is 4.79 Å². The number of halogens is 1. The smallest absolute Gasteiger partial charge is 0.335 e. The van der Waals surface area contributed by atoms with E-state index in [-0.39, 0.29) is 12.4 Å². The first-order valence-electron chi connectivity index (χ1n) is 11.3. The van der Waals surface area contributed by atoms with Crippen molar-refractivity contribution < 1.29 is 9.90 Å². The van der Waals surface area contributed by atoms with Crippen molar-refractivity contribution in [2.45, 2.75) is 45.4 Å². The van der Waals surface area contributed by atoms with Crippen LogP contribution in [0.25, 0.3) is 5.57 Å². The van der Waals surface area contributed by atoms with Gasteiger partial charge in [0.2, 0.25) is 0 Å². The summed E-state index contributed by atoms with van der Waals surface area (Å²) in [4.78, 5) is 16.2. The molecule has 2 N–H and O–H groups in total.